The first-order valence-corrected chi connectivity index (χ1v) is 5.43. The maximum Gasteiger partial charge on any atom is 0.310 e. The molecule has 1 aromatic rings. The second-order valence-electron chi connectivity index (χ2n) is 3.28. The highest BCUT2D eigenvalue weighted by atomic mass is 32.1. The molecule has 5 heteroatoms. The molecule has 0 aromatic heterocycles. The van der Waals surface area contributed by atoms with Crippen molar-refractivity contribution in [2.24, 2.45) is 0 Å². The molecule has 0 heterocycles. The minimum atomic E-state index is -0.385. The number of thiol groups is 1. The van der Waals surface area contributed by atoms with Gasteiger partial charge in [-0.05, 0) is 24.6 Å². The molecule has 0 bridgehead atoms. The van der Waals surface area contributed by atoms with E-state index in [0.717, 1.165) is 0 Å². The highest BCUT2D eigenvalue weighted by molar-refractivity contribution is 7.80. The first-order valence-electron chi connectivity index (χ1n) is 4.99. The minimum absolute atomic E-state index is 0.0409. The van der Waals surface area contributed by atoms with Crippen LogP contribution >= 0.6 is 12.6 Å². The van der Waals surface area contributed by atoms with Gasteiger partial charge in [-0.2, -0.15) is 5.26 Å². The molecule has 0 aliphatic rings. The zero-order valence-corrected chi connectivity index (χ0v) is 10.2. The molecule has 0 fully saturated rings. The first-order chi connectivity index (χ1) is 8.12. The van der Waals surface area contributed by atoms with Gasteiger partial charge in [-0.1, -0.05) is 0 Å². The number of carbonyl (C=O) groups is 2. The molecule has 1 rings (SSSR count). The third kappa shape index (κ3) is 3.33. The number of aldehydes is 1. The number of esters is 1. The maximum absolute atomic E-state index is 11.3. The lowest BCUT2D eigenvalue weighted by Gasteiger charge is -2.07. The first kappa shape index (κ1) is 13.3. The van der Waals surface area contributed by atoms with E-state index in [2.05, 4.69) is 12.6 Å². The number of carbonyl (C=O) groups excluding carboxylic acids is 2. The van der Waals surface area contributed by atoms with E-state index >= 15 is 0 Å². The molecule has 0 spiro atoms. The average Bonchev–Trinajstić information content (AvgIpc) is 2.31. The summed E-state index contributed by atoms with van der Waals surface area (Å²) >= 11 is 4.18. The van der Waals surface area contributed by atoms with E-state index in [-0.39, 0.29) is 23.5 Å². The van der Waals surface area contributed by atoms with Gasteiger partial charge in [0.1, 0.15) is 0 Å². The zero-order chi connectivity index (χ0) is 12.8. The second kappa shape index (κ2) is 6.06. The van der Waals surface area contributed by atoms with Gasteiger partial charge in [0.05, 0.1) is 24.7 Å². The third-order valence-electron chi connectivity index (χ3n) is 2.14. The lowest BCUT2D eigenvalue weighted by molar-refractivity contribution is -0.142. The SMILES string of the molecule is CCOC(=O)Cc1cc(C=O)c(C#N)cc1S. The van der Waals surface area contributed by atoms with Crippen LogP contribution in [0.2, 0.25) is 0 Å². The average molecular weight is 249 g/mol. The van der Waals surface area contributed by atoms with Crippen molar-refractivity contribution in [1.82, 2.24) is 0 Å². The fourth-order valence-electron chi connectivity index (χ4n) is 1.36. The van der Waals surface area contributed by atoms with E-state index in [0.29, 0.717) is 23.4 Å². The van der Waals surface area contributed by atoms with Crippen LogP contribution in [-0.4, -0.2) is 18.9 Å². The molecule has 88 valence electrons. The van der Waals surface area contributed by atoms with Crippen molar-refractivity contribution in [1.29, 1.82) is 5.26 Å². The summed E-state index contributed by atoms with van der Waals surface area (Å²) < 4.78 is 4.80. The summed E-state index contributed by atoms with van der Waals surface area (Å²) in [6, 6.07) is 4.86. The molecule has 0 radical (unpaired) electrons. The molecule has 0 saturated carbocycles. The number of ether oxygens (including phenoxy) is 1. The molecule has 17 heavy (non-hydrogen) atoms. The summed E-state index contributed by atoms with van der Waals surface area (Å²) in [5.41, 5.74) is 1.08. The van der Waals surface area contributed by atoms with Gasteiger partial charge in [0.25, 0.3) is 0 Å². The van der Waals surface area contributed by atoms with Crippen LogP contribution in [0.5, 0.6) is 0 Å². The number of benzene rings is 1. The van der Waals surface area contributed by atoms with E-state index in [4.69, 9.17) is 10.00 Å². The van der Waals surface area contributed by atoms with E-state index < -0.39 is 0 Å². The van der Waals surface area contributed by atoms with Crippen molar-refractivity contribution in [2.45, 2.75) is 18.2 Å². The minimum Gasteiger partial charge on any atom is -0.466 e. The van der Waals surface area contributed by atoms with Gasteiger partial charge in [0.15, 0.2) is 6.29 Å². The van der Waals surface area contributed by atoms with Crippen LogP contribution in [-0.2, 0) is 16.0 Å². The Morgan fingerprint density at radius 3 is 2.82 bits per heavy atom. The maximum atomic E-state index is 11.3. The van der Waals surface area contributed by atoms with Crippen LogP contribution in [0.4, 0.5) is 0 Å². The molecule has 0 aliphatic carbocycles. The summed E-state index contributed by atoms with van der Waals surface area (Å²) in [5.74, 6) is -0.385. The molecular weight excluding hydrogens is 238 g/mol. The van der Waals surface area contributed by atoms with Gasteiger partial charge >= 0.3 is 5.97 Å². The molecule has 4 nitrogen and oxygen atoms in total. The van der Waals surface area contributed by atoms with Crippen LogP contribution in [0.1, 0.15) is 28.4 Å². The number of hydrogen-bond acceptors (Lipinski definition) is 5. The number of hydrogen-bond donors (Lipinski definition) is 1. The van der Waals surface area contributed by atoms with Crippen LogP contribution in [0.25, 0.3) is 0 Å². The van der Waals surface area contributed by atoms with Gasteiger partial charge in [0.2, 0.25) is 0 Å². The number of nitrogens with zero attached hydrogens (tertiary/aromatic N) is 1. The van der Waals surface area contributed by atoms with Gasteiger partial charge < -0.3 is 4.74 Å². The Labute approximate surface area is 105 Å². The van der Waals surface area contributed by atoms with Gasteiger partial charge in [-0.25, -0.2) is 0 Å². The molecule has 0 saturated heterocycles. The van der Waals surface area contributed by atoms with E-state index in [1.807, 2.05) is 6.07 Å². The second-order valence-corrected chi connectivity index (χ2v) is 3.76. The lowest BCUT2D eigenvalue weighted by atomic mass is 10.0. The van der Waals surface area contributed by atoms with Crippen LogP contribution in [0, 0.1) is 11.3 Å². The molecule has 0 N–H and O–H groups in total. The Hall–Kier alpha value is -1.80. The predicted octanol–water partition coefficient (Wildman–Crippen LogP) is 1.77. The Bertz CT molecular complexity index is 491. The van der Waals surface area contributed by atoms with Gasteiger partial charge in [-0.3, -0.25) is 9.59 Å². The van der Waals surface area contributed by atoms with E-state index in [9.17, 15) is 9.59 Å². The highest BCUT2D eigenvalue weighted by Crippen LogP contribution is 2.20. The van der Waals surface area contributed by atoms with Crippen molar-refractivity contribution in [3.63, 3.8) is 0 Å². The van der Waals surface area contributed by atoms with Crippen LogP contribution in [0.15, 0.2) is 17.0 Å². The highest BCUT2D eigenvalue weighted by Gasteiger charge is 2.11. The van der Waals surface area contributed by atoms with Crippen molar-refractivity contribution in [3.8, 4) is 6.07 Å². The summed E-state index contributed by atoms with van der Waals surface area (Å²) in [6.07, 6.45) is 0.625. The van der Waals surface area contributed by atoms with Gasteiger partial charge in [-0.15, -0.1) is 12.6 Å². The summed E-state index contributed by atoms with van der Waals surface area (Å²) in [4.78, 5) is 22.6. The topological polar surface area (TPSA) is 67.2 Å². The lowest BCUT2D eigenvalue weighted by Crippen LogP contribution is -2.08. The fraction of sp³-hybridized carbons (Fsp3) is 0.250. The summed E-state index contributed by atoms with van der Waals surface area (Å²) in [5, 5.41) is 8.80. The van der Waals surface area contributed by atoms with Crippen molar-refractivity contribution in [3.05, 3.63) is 28.8 Å². The van der Waals surface area contributed by atoms with Crippen molar-refractivity contribution in [2.75, 3.05) is 6.61 Å². The van der Waals surface area contributed by atoms with Gasteiger partial charge in [0, 0.05) is 10.5 Å². The molecule has 0 aliphatic heterocycles. The molecule has 1 aromatic carbocycles. The van der Waals surface area contributed by atoms with E-state index in [1.54, 1.807) is 6.92 Å². The monoisotopic (exact) mass is 249 g/mol. The predicted molar refractivity (Wildman–Crippen MR) is 64.1 cm³/mol. The number of rotatable bonds is 4. The molecular formula is C12H11NO3S. The van der Waals surface area contributed by atoms with Crippen molar-refractivity contribution >= 4 is 24.9 Å². The largest absolute Gasteiger partial charge is 0.466 e. The van der Waals surface area contributed by atoms with Crippen LogP contribution in [0.3, 0.4) is 0 Å². The smallest absolute Gasteiger partial charge is 0.310 e. The molecule has 0 unspecified atom stereocenters. The summed E-state index contributed by atoms with van der Waals surface area (Å²) in [6.45, 7) is 2.02. The molecule has 0 atom stereocenters. The Morgan fingerprint density at radius 1 is 1.59 bits per heavy atom. The van der Waals surface area contributed by atoms with Crippen molar-refractivity contribution < 1.29 is 14.3 Å². The Kier molecular flexibility index (Phi) is 4.73. The Morgan fingerprint density at radius 2 is 2.29 bits per heavy atom. The normalized spacial score (nSPS) is 9.47. The molecule has 0 amide bonds. The third-order valence-corrected chi connectivity index (χ3v) is 2.55. The van der Waals surface area contributed by atoms with E-state index in [1.165, 1.54) is 12.1 Å². The Balaban J connectivity index is 3.05. The fourth-order valence-corrected chi connectivity index (χ4v) is 1.63. The summed E-state index contributed by atoms with van der Waals surface area (Å²) in [7, 11) is 0. The quantitative estimate of drug-likeness (QED) is 0.501. The number of nitriles is 1. The zero-order valence-electron chi connectivity index (χ0n) is 9.27. The van der Waals surface area contributed by atoms with Crippen LogP contribution < -0.4 is 0 Å². The standard InChI is InChI=1S/C12H11NO3S/c1-2-16-12(15)5-8-3-10(7-14)9(6-13)4-11(8)17/h3-4,7,17H,2,5H2,1H3.